The zero-order chi connectivity index (χ0) is 15.0. The largest absolute Gasteiger partial charge is 0.364 e. The van der Waals surface area contributed by atoms with Crippen molar-refractivity contribution in [2.24, 2.45) is 0 Å². The van der Waals surface area contributed by atoms with Gasteiger partial charge in [0.25, 0.3) is 5.91 Å². The second-order valence-electron chi connectivity index (χ2n) is 4.92. The van der Waals surface area contributed by atoms with Crippen LogP contribution in [0.4, 0.5) is 14.5 Å². The number of aryl methyl sites for hydroxylation is 1. The van der Waals surface area contributed by atoms with Gasteiger partial charge in [-0.3, -0.25) is 9.59 Å². The van der Waals surface area contributed by atoms with Gasteiger partial charge < -0.3 is 10.3 Å². The minimum Gasteiger partial charge on any atom is -0.364 e. The first-order valence-electron chi connectivity index (χ1n) is 6.56. The Kier molecular flexibility index (Phi) is 3.29. The van der Waals surface area contributed by atoms with Gasteiger partial charge in [-0.05, 0) is 31.4 Å². The molecule has 0 bridgehead atoms. The van der Waals surface area contributed by atoms with Crippen LogP contribution in [0.1, 0.15) is 28.0 Å². The smallest absolute Gasteiger partial charge is 0.261 e. The fraction of sp³-hybridized carbons (Fsp3) is 0.200. The normalized spacial score (nSPS) is 13.0. The van der Waals surface area contributed by atoms with Gasteiger partial charge in [0.15, 0.2) is 5.43 Å². The van der Waals surface area contributed by atoms with E-state index >= 15 is 0 Å². The maximum atomic E-state index is 13.5. The van der Waals surface area contributed by atoms with Crippen LogP contribution in [0.25, 0.3) is 0 Å². The highest BCUT2D eigenvalue weighted by atomic mass is 19.1. The van der Waals surface area contributed by atoms with Gasteiger partial charge in [-0.2, -0.15) is 0 Å². The Morgan fingerprint density at radius 1 is 1.24 bits per heavy atom. The molecule has 1 aliphatic rings. The van der Waals surface area contributed by atoms with Gasteiger partial charge in [0.1, 0.15) is 17.2 Å². The molecule has 0 saturated heterocycles. The van der Waals surface area contributed by atoms with E-state index in [-0.39, 0.29) is 16.7 Å². The number of carbonyl (C=O) groups is 1. The summed E-state index contributed by atoms with van der Waals surface area (Å²) in [5.41, 5.74) is 0.897. The van der Waals surface area contributed by atoms with E-state index < -0.39 is 17.5 Å². The van der Waals surface area contributed by atoms with Crippen molar-refractivity contribution in [3.8, 4) is 0 Å². The summed E-state index contributed by atoms with van der Waals surface area (Å²) in [6.07, 6.45) is 3.64. The molecule has 1 amide bonds. The third-order valence-electron chi connectivity index (χ3n) is 3.55. The van der Waals surface area contributed by atoms with E-state index in [1.165, 1.54) is 6.20 Å². The third kappa shape index (κ3) is 2.44. The quantitative estimate of drug-likeness (QED) is 0.892. The predicted octanol–water partition coefficient (Wildman–Crippen LogP) is 2.39. The van der Waals surface area contributed by atoms with Crippen LogP contribution in [0.3, 0.4) is 0 Å². The van der Waals surface area contributed by atoms with Crippen LogP contribution in [-0.2, 0) is 12.8 Å². The van der Waals surface area contributed by atoms with Crippen molar-refractivity contribution in [3.63, 3.8) is 0 Å². The molecule has 2 aromatic rings. The van der Waals surface area contributed by atoms with Gasteiger partial charge in [-0.25, -0.2) is 8.78 Å². The Labute approximate surface area is 118 Å². The second kappa shape index (κ2) is 5.12. The van der Waals surface area contributed by atoms with Crippen molar-refractivity contribution in [2.45, 2.75) is 19.3 Å². The van der Waals surface area contributed by atoms with Crippen LogP contribution < -0.4 is 10.7 Å². The molecule has 3 rings (SSSR count). The monoisotopic (exact) mass is 290 g/mol. The predicted molar refractivity (Wildman–Crippen MR) is 73.4 cm³/mol. The summed E-state index contributed by atoms with van der Waals surface area (Å²) in [6.45, 7) is 0. The Morgan fingerprint density at radius 3 is 2.81 bits per heavy atom. The highest BCUT2D eigenvalue weighted by Crippen LogP contribution is 2.18. The molecule has 0 aliphatic heterocycles. The van der Waals surface area contributed by atoms with Crippen molar-refractivity contribution in [3.05, 3.63) is 63.1 Å². The lowest BCUT2D eigenvalue weighted by Gasteiger charge is -2.07. The van der Waals surface area contributed by atoms with Crippen molar-refractivity contribution < 1.29 is 13.6 Å². The number of fused-ring (bicyclic) bond motifs is 1. The molecule has 6 heteroatoms. The molecule has 0 fully saturated rings. The third-order valence-corrected chi connectivity index (χ3v) is 3.55. The molecule has 0 unspecified atom stereocenters. The van der Waals surface area contributed by atoms with E-state index in [9.17, 15) is 18.4 Å². The SMILES string of the molecule is O=C(Nc1ccc(F)cc1F)c1c[nH]c2c(c1=O)CCC2. The van der Waals surface area contributed by atoms with E-state index in [0.29, 0.717) is 18.1 Å². The molecule has 21 heavy (non-hydrogen) atoms. The summed E-state index contributed by atoms with van der Waals surface area (Å²) in [7, 11) is 0. The molecule has 4 nitrogen and oxygen atoms in total. The number of anilines is 1. The van der Waals surface area contributed by atoms with Gasteiger partial charge in [0, 0.05) is 23.5 Å². The van der Waals surface area contributed by atoms with Crippen LogP contribution in [0.2, 0.25) is 0 Å². The summed E-state index contributed by atoms with van der Waals surface area (Å²) < 4.78 is 26.3. The first-order chi connectivity index (χ1) is 10.1. The average molecular weight is 290 g/mol. The molecular formula is C15H12F2N2O2. The van der Waals surface area contributed by atoms with Crippen molar-refractivity contribution in [2.75, 3.05) is 5.32 Å². The molecule has 1 aliphatic carbocycles. The van der Waals surface area contributed by atoms with Gasteiger partial charge >= 0.3 is 0 Å². The molecule has 0 radical (unpaired) electrons. The number of pyridine rings is 1. The maximum Gasteiger partial charge on any atom is 0.261 e. The number of carbonyl (C=O) groups excluding carboxylic acids is 1. The number of nitrogens with one attached hydrogen (secondary N) is 2. The minimum absolute atomic E-state index is 0.0700. The van der Waals surface area contributed by atoms with Crippen molar-refractivity contribution in [1.82, 2.24) is 4.98 Å². The van der Waals surface area contributed by atoms with E-state index in [4.69, 9.17) is 0 Å². The van der Waals surface area contributed by atoms with E-state index in [2.05, 4.69) is 10.3 Å². The molecule has 0 saturated carbocycles. The lowest BCUT2D eigenvalue weighted by molar-refractivity contribution is 0.102. The van der Waals surface area contributed by atoms with Gasteiger partial charge in [-0.15, -0.1) is 0 Å². The molecule has 1 aromatic heterocycles. The van der Waals surface area contributed by atoms with Crippen molar-refractivity contribution >= 4 is 11.6 Å². The second-order valence-corrected chi connectivity index (χ2v) is 4.92. The highest BCUT2D eigenvalue weighted by molar-refractivity contribution is 6.04. The fourth-order valence-electron chi connectivity index (χ4n) is 2.49. The summed E-state index contributed by atoms with van der Waals surface area (Å²) in [5, 5.41) is 2.29. The number of amides is 1. The van der Waals surface area contributed by atoms with Gasteiger partial charge in [0.2, 0.25) is 0 Å². The van der Waals surface area contributed by atoms with Crippen LogP contribution in [0.5, 0.6) is 0 Å². The van der Waals surface area contributed by atoms with Gasteiger partial charge in [-0.1, -0.05) is 0 Å². The summed E-state index contributed by atoms with van der Waals surface area (Å²) in [6, 6.07) is 2.82. The molecule has 2 N–H and O–H groups in total. The summed E-state index contributed by atoms with van der Waals surface area (Å²) >= 11 is 0. The van der Waals surface area contributed by atoms with Crippen LogP contribution >= 0.6 is 0 Å². The van der Waals surface area contributed by atoms with Crippen molar-refractivity contribution in [1.29, 1.82) is 0 Å². The number of halogens is 2. The number of hydrogen-bond acceptors (Lipinski definition) is 2. The highest BCUT2D eigenvalue weighted by Gasteiger charge is 2.20. The first kappa shape index (κ1) is 13.5. The Hall–Kier alpha value is -2.50. The number of H-pyrrole nitrogens is 1. The fourth-order valence-corrected chi connectivity index (χ4v) is 2.49. The summed E-state index contributed by atoms with van der Waals surface area (Å²) in [5.74, 6) is -2.33. The first-order valence-corrected chi connectivity index (χ1v) is 6.56. The number of benzene rings is 1. The van der Waals surface area contributed by atoms with Crippen LogP contribution in [-0.4, -0.2) is 10.9 Å². The number of aromatic amines is 1. The molecular weight excluding hydrogens is 278 g/mol. The molecule has 0 spiro atoms. The minimum atomic E-state index is -0.888. The Bertz CT molecular complexity index is 784. The molecule has 1 heterocycles. The zero-order valence-electron chi connectivity index (χ0n) is 11.0. The lowest BCUT2D eigenvalue weighted by Crippen LogP contribution is -2.24. The Morgan fingerprint density at radius 2 is 2.05 bits per heavy atom. The average Bonchev–Trinajstić information content (AvgIpc) is 2.91. The Balaban J connectivity index is 1.91. The number of aromatic nitrogens is 1. The van der Waals surface area contributed by atoms with E-state index in [1.807, 2.05) is 0 Å². The standard InChI is InChI=1S/C15H12F2N2O2/c16-8-4-5-13(11(17)6-8)19-15(21)10-7-18-12-3-1-2-9(12)14(10)20/h4-7H,1-3H2,(H,18,20)(H,19,21). The summed E-state index contributed by atoms with van der Waals surface area (Å²) in [4.78, 5) is 27.2. The van der Waals surface area contributed by atoms with E-state index in [0.717, 1.165) is 30.7 Å². The number of rotatable bonds is 2. The molecule has 108 valence electrons. The number of hydrogen-bond donors (Lipinski definition) is 2. The maximum absolute atomic E-state index is 13.5. The molecule has 0 atom stereocenters. The van der Waals surface area contributed by atoms with Gasteiger partial charge in [0.05, 0.1) is 5.69 Å². The van der Waals surface area contributed by atoms with Crippen LogP contribution in [0, 0.1) is 11.6 Å². The van der Waals surface area contributed by atoms with E-state index in [1.54, 1.807) is 0 Å². The topological polar surface area (TPSA) is 62.0 Å². The lowest BCUT2D eigenvalue weighted by atomic mass is 10.1. The van der Waals surface area contributed by atoms with Crippen LogP contribution in [0.15, 0.2) is 29.2 Å². The zero-order valence-corrected chi connectivity index (χ0v) is 11.0. The molecule has 1 aromatic carbocycles.